The van der Waals surface area contributed by atoms with Crippen LogP contribution in [0.25, 0.3) is 0 Å². The number of pyridine rings is 1. The number of nitrogens with one attached hydrogen (secondary N) is 2. The largest absolute Gasteiger partial charge is 0.363 e. The Morgan fingerprint density at radius 2 is 1.82 bits per heavy atom. The Kier molecular flexibility index (Phi) is 9.15. The molecular weight excluding hydrogens is 489 g/mol. The van der Waals surface area contributed by atoms with Gasteiger partial charge in [-0.3, -0.25) is 4.99 Å². The van der Waals surface area contributed by atoms with Crippen molar-refractivity contribution in [3.63, 3.8) is 0 Å². The van der Waals surface area contributed by atoms with E-state index in [1.54, 1.807) is 20.0 Å². The monoisotopic (exact) mass is 517 g/mol. The molecule has 2 rings (SSSR count). The highest BCUT2D eigenvalue weighted by Gasteiger charge is 2.11. The van der Waals surface area contributed by atoms with Gasteiger partial charge < -0.3 is 15.5 Å². The molecule has 154 valence electrons. The molecule has 0 spiro atoms. The number of guanidine groups is 1. The van der Waals surface area contributed by atoms with Gasteiger partial charge in [-0.05, 0) is 36.2 Å². The quantitative estimate of drug-likeness (QED) is 0.348. The summed E-state index contributed by atoms with van der Waals surface area (Å²) in [7, 11) is 2.41. The van der Waals surface area contributed by atoms with Gasteiger partial charge in [0.25, 0.3) is 0 Å². The second kappa shape index (κ2) is 10.6. The third-order valence-corrected chi connectivity index (χ3v) is 5.27. The van der Waals surface area contributed by atoms with E-state index in [2.05, 4.69) is 20.6 Å². The molecule has 0 aliphatic rings. The van der Waals surface area contributed by atoms with Crippen LogP contribution in [0.15, 0.2) is 46.3 Å². The molecule has 0 unspecified atom stereocenters. The molecular formula is C19H28IN5O2S. The van der Waals surface area contributed by atoms with Crippen LogP contribution in [-0.4, -0.2) is 46.8 Å². The number of benzene rings is 1. The summed E-state index contributed by atoms with van der Waals surface area (Å²) in [5, 5.41) is 6.46. The number of nitrogens with zero attached hydrogens (tertiary/aromatic N) is 3. The van der Waals surface area contributed by atoms with Gasteiger partial charge >= 0.3 is 0 Å². The molecule has 0 saturated carbocycles. The molecule has 2 N–H and O–H groups in total. The van der Waals surface area contributed by atoms with E-state index in [1.807, 2.05) is 49.3 Å². The molecule has 0 fully saturated rings. The average Bonchev–Trinajstić information content (AvgIpc) is 2.61. The topological polar surface area (TPSA) is 86.7 Å². The van der Waals surface area contributed by atoms with Crippen molar-refractivity contribution in [3.05, 3.63) is 53.2 Å². The molecule has 1 aromatic heterocycles. The van der Waals surface area contributed by atoms with E-state index < -0.39 is 9.84 Å². The summed E-state index contributed by atoms with van der Waals surface area (Å²) in [5.41, 5.74) is 2.64. The minimum Gasteiger partial charge on any atom is -0.363 e. The van der Waals surface area contributed by atoms with Crippen molar-refractivity contribution < 1.29 is 8.42 Å². The number of aryl methyl sites for hydroxylation is 1. The fraction of sp³-hybridized carbons (Fsp3) is 0.368. The van der Waals surface area contributed by atoms with Crippen LogP contribution in [0.1, 0.15) is 16.8 Å². The van der Waals surface area contributed by atoms with Crippen LogP contribution in [0, 0.1) is 6.92 Å². The van der Waals surface area contributed by atoms with Crippen LogP contribution in [-0.2, 0) is 22.9 Å². The van der Waals surface area contributed by atoms with Gasteiger partial charge in [-0.1, -0.05) is 18.2 Å². The molecule has 0 amide bonds. The van der Waals surface area contributed by atoms with Gasteiger partial charge in [0.2, 0.25) is 0 Å². The molecule has 7 nitrogen and oxygen atoms in total. The lowest BCUT2D eigenvalue weighted by atomic mass is 10.1. The molecule has 9 heteroatoms. The summed E-state index contributed by atoms with van der Waals surface area (Å²) in [6.07, 6.45) is 1.22. The van der Waals surface area contributed by atoms with Crippen LogP contribution >= 0.6 is 24.0 Å². The zero-order chi connectivity index (χ0) is 20.0. The summed E-state index contributed by atoms with van der Waals surface area (Å²) >= 11 is 0. The summed E-state index contributed by atoms with van der Waals surface area (Å²) in [6, 6.07) is 11.2. The van der Waals surface area contributed by atoms with E-state index in [4.69, 9.17) is 0 Å². The lowest BCUT2D eigenvalue weighted by Crippen LogP contribution is -2.36. The molecule has 1 heterocycles. The highest BCUT2D eigenvalue weighted by Crippen LogP contribution is 2.16. The van der Waals surface area contributed by atoms with Crippen molar-refractivity contribution in [3.8, 4) is 0 Å². The number of aromatic nitrogens is 1. The van der Waals surface area contributed by atoms with Crippen LogP contribution < -0.4 is 15.5 Å². The zero-order valence-corrected chi connectivity index (χ0v) is 20.0. The maximum atomic E-state index is 11.7. The molecule has 2 aromatic rings. The molecule has 0 aliphatic heterocycles. The highest BCUT2D eigenvalue weighted by atomic mass is 127. The van der Waals surface area contributed by atoms with E-state index >= 15 is 0 Å². The summed E-state index contributed by atoms with van der Waals surface area (Å²) in [6.45, 7) is 2.89. The molecule has 0 saturated heterocycles. The standard InChI is InChI=1S/C19H27N5O2S.HI/c1-14-11-15(9-10-17(14)27(5,25)26)12-21-19(20-2)22-13-16-7-6-8-18(23-16)24(3)4;/h6-11H,12-13H2,1-5H3,(H2,20,21,22);1H. The van der Waals surface area contributed by atoms with Crippen molar-refractivity contribution >= 4 is 45.6 Å². The predicted octanol–water partition coefficient (Wildman–Crippen LogP) is 2.34. The number of rotatable bonds is 6. The first-order chi connectivity index (χ1) is 12.7. The smallest absolute Gasteiger partial charge is 0.191 e. The Morgan fingerprint density at radius 1 is 1.14 bits per heavy atom. The lowest BCUT2D eigenvalue weighted by Gasteiger charge is -2.15. The summed E-state index contributed by atoms with van der Waals surface area (Å²) in [5.74, 6) is 1.55. The van der Waals surface area contributed by atoms with Gasteiger partial charge in [-0.25, -0.2) is 13.4 Å². The molecule has 1 aromatic carbocycles. The minimum atomic E-state index is -3.20. The van der Waals surface area contributed by atoms with E-state index in [1.165, 1.54) is 6.26 Å². The Labute approximate surface area is 184 Å². The van der Waals surface area contributed by atoms with Gasteiger partial charge in [0, 0.05) is 33.9 Å². The zero-order valence-electron chi connectivity index (χ0n) is 16.9. The van der Waals surface area contributed by atoms with Crippen LogP contribution in [0.3, 0.4) is 0 Å². The maximum absolute atomic E-state index is 11.7. The number of aliphatic imine (C=N–C) groups is 1. The third kappa shape index (κ3) is 6.93. The Bertz CT molecular complexity index is 930. The van der Waals surface area contributed by atoms with Crippen molar-refractivity contribution in [2.75, 3.05) is 32.3 Å². The van der Waals surface area contributed by atoms with E-state index in [-0.39, 0.29) is 24.0 Å². The van der Waals surface area contributed by atoms with Crippen molar-refractivity contribution in [2.45, 2.75) is 24.9 Å². The minimum absolute atomic E-state index is 0. The Hall–Kier alpha value is -1.88. The fourth-order valence-electron chi connectivity index (χ4n) is 2.63. The molecule has 0 atom stereocenters. The van der Waals surface area contributed by atoms with Gasteiger partial charge in [0.1, 0.15) is 5.82 Å². The number of hydrogen-bond donors (Lipinski definition) is 2. The van der Waals surface area contributed by atoms with E-state index in [9.17, 15) is 8.42 Å². The fourth-order valence-corrected chi connectivity index (χ4v) is 3.59. The molecule has 28 heavy (non-hydrogen) atoms. The predicted molar refractivity (Wildman–Crippen MR) is 125 cm³/mol. The van der Waals surface area contributed by atoms with Crippen LogP contribution in [0.5, 0.6) is 0 Å². The number of anilines is 1. The van der Waals surface area contributed by atoms with Gasteiger partial charge in [-0.2, -0.15) is 0 Å². The second-order valence-electron chi connectivity index (χ2n) is 6.53. The van der Waals surface area contributed by atoms with Gasteiger partial charge in [0.05, 0.1) is 17.1 Å². The van der Waals surface area contributed by atoms with Crippen molar-refractivity contribution in [2.24, 2.45) is 4.99 Å². The van der Waals surface area contributed by atoms with Crippen molar-refractivity contribution in [1.29, 1.82) is 0 Å². The number of sulfone groups is 1. The summed E-state index contributed by atoms with van der Waals surface area (Å²) in [4.78, 5) is 11.1. The Balaban J connectivity index is 0.00000392. The van der Waals surface area contributed by atoms with Gasteiger partial charge in [-0.15, -0.1) is 24.0 Å². The highest BCUT2D eigenvalue weighted by molar-refractivity contribution is 14.0. The average molecular weight is 517 g/mol. The molecule has 0 aliphatic carbocycles. The first kappa shape index (κ1) is 24.2. The van der Waals surface area contributed by atoms with Crippen LogP contribution in [0.2, 0.25) is 0 Å². The van der Waals surface area contributed by atoms with Gasteiger partial charge in [0.15, 0.2) is 15.8 Å². The van der Waals surface area contributed by atoms with Crippen molar-refractivity contribution in [1.82, 2.24) is 15.6 Å². The second-order valence-corrected chi connectivity index (χ2v) is 8.52. The lowest BCUT2D eigenvalue weighted by molar-refractivity contribution is 0.601. The SMILES string of the molecule is CN=C(NCc1ccc(S(C)(=O)=O)c(C)c1)NCc1cccc(N(C)C)n1.I. The van der Waals surface area contributed by atoms with E-state index in [0.717, 1.165) is 22.6 Å². The normalized spacial score (nSPS) is 11.5. The first-order valence-electron chi connectivity index (χ1n) is 8.58. The first-order valence-corrected chi connectivity index (χ1v) is 10.5. The molecule has 0 bridgehead atoms. The van der Waals surface area contributed by atoms with E-state index in [0.29, 0.717) is 23.9 Å². The number of hydrogen-bond acceptors (Lipinski definition) is 5. The van der Waals surface area contributed by atoms with Crippen LogP contribution in [0.4, 0.5) is 5.82 Å². The number of halogens is 1. The Morgan fingerprint density at radius 3 is 2.39 bits per heavy atom. The maximum Gasteiger partial charge on any atom is 0.191 e. The third-order valence-electron chi connectivity index (χ3n) is 4.01. The molecule has 0 radical (unpaired) electrons. The summed E-state index contributed by atoms with van der Waals surface area (Å²) < 4.78 is 23.4.